The summed E-state index contributed by atoms with van der Waals surface area (Å²) in [5.74, 6) is 0. The van der Waals surface area contributed by atoms with Crippen LogP contribution in [-0.4, -0.2) is 25.2 Å². The van der Waals surface area contributed by atoms with Crippen LogP contribution in [0.1, 0.15) is 25.8 Å². The van der Waals surface area contributed by atoms with E-state index in [2.05, 4.69) is 22.5 Å². The first-order valence-corrected chi connectivity index (χ1v) is 10.5. The zero-order chi connectivity index (χ0) is 20.2. The Labute approximate surface area is 166 Å². The van der Waals surface area contributed by atoms with E-state index in [1.807, 2.05) is 56.4 Å². The van der Waals surface area contributed by atoms with Gasteiger partial charge in [0.15, 0.2) is 0 Å². The number of benzene rings is 1. The van der Waals surface area contributed by atoms with Crippen molar-refractivity contribution in [2.45, 2.75) is 36.6 Å². The number of fused-ring (bicyclic) bond motifs is 1. The van der Waals surface area contributed by atoms with Crippen LogP contribution < -0.4 is 5.32 Å². The summed E-state index contributed by atoms with van der Waals surface area (Å²) in [6.45, 7) is 4.02. The van der Waals surface area contributed by atoms with E-state index in [1.165, 1.54) is 12.1 Å². The van der Waals surface area contributed by atoms with Crippen LogP contribution in [0.3, 0.4) is 0 Å². The van der Waals surface area contributed by atoms with Gasteiger partial charge in [-0.3, -0.25) is 9.55 Å². The number of nitrogens with one attached hydrogen (secondary N) is 1. The number of aliphatic imine (C=N–C) groups is 1. The number of rotatable bonds is 5. The van der Waals surface area contributed by atoms with Crippen molar-refractivity contribution in [3.8, 4) is 0 Å². The molecule has 0 aromatic heterocycles. The summed E-state index contributed by atoms with van der Waals surface area (Å²) in [5.41, 5.74) is 2.23. The molecular weight excluding hydrogens is 372 g/mol. The Morgan fingerprint density at radius 2 is 1.96 bits per heavy atom. The fourth-order valence-electron chi connectivity index (χ4n) is 3.17. The fraction of sp³-hybridized carbons (Fsp3) is 0.227. The molecule has 2 N–H and O–H groups in total. The normalized spacial score (nSPS) is 22.5. The van der Waals surface area contributed by atoms with Gasteiger partial charge < -0.3 is 5.32 Å². The Balaban J connectivity index is 1.66. The maximum atomic E-state index is 11.4. The largest absolute Gasteiger partial charge is 0.358 e. The maximum absolute atomic E-state index is 11.4. The van der Waals surface area contributed by atoms with E-state index in [1.54, 1.807) is 12.3 Å². The maximum Gasteiger partial charge on any atom is 0.294 e. The lowest BCUT2D eigenvalue weighted by Gasteiger charge is -2.20. The summed E-state index contributed by atoms with van der Waals surface area (Å²) >= 11 is 0. The lowest BCUT2D eigenvalue weighted by atomic mass is 9.84. The molecule has 0 fully saturated rings. The lowest BCUT2D eigenvalue weighted by molar-refractivity contribution is 0.483. The third-order valence-electron chi connectivity index (χ3n) is 4.82. The molecule has 1 aliphatic carbocycles. The third kappa shape index (κ3) is 4.58. The zero-order valence-electron chi connectivity index (χ0n) is 15.9. The van der Waals surface area contributed by atoms with E-state index in [4.69, 9.17) is 0 Å². The minimum Gasteiger partial charge on any atom is -0.358 e. The molecule has 28 heavy (non-hydrogen) atoms. The van der Waals surface area contributed by atoms with Gasteiger partial charge in [-0.05, 0) is 42.3 Å². The van der Waals surface area contributed by atoms with Gasteiger partial charge in [0.05, 0.1) is 10.9 Å². The van der Waals surface area contributed by atoms with Crippen LogP contribution in [0.25, 0.3) is 0 Å². The molecule has 3 rings (SSSR count). The van der Waals surface area contributed by atoms with E-state index in [0.29, 0.717) is 0 Å². The van der Waals surface area contributed by atoms with Crippen molar-refractivity contribution in [2.75, 3.05) is 5.32 Å². The molecule has 2 aliphatic rings. The first kappa shape index (κ1) is 20.0. The molecule has 0 radical (unpaired) electrons. The van der Waals surface area contributed by atoms with E-state index in [9.17, 15) is 13.0 Å². The van der Waals surface area contributed by atoms with Gasteiger partial charge in [0.2, 0.25) is 0 Å². The van der Waals surface area contributed by atoms with Gasteiger partial charge in [0.25, 0.3) is 10.1 Å². The van der Waals surface area contributed by atoms with Crippen LogP contribution in [-0.2, 0) is 15.5 Å². The molecular formula is C22H24N2O3S. The lowest BCUT2D eigenvalue weighted by Crippen LogP contribution is -2.17. The molecule has 0 amide bonds. The number of nitrogens with zero attached hydrogens (tertiary/aromatic N) is 1. The number of allylic oxidation sites excluding steroid dienone is 8. The highest BCUT2D eigenvalue weighted by atomic mass is 32.2. The second-order valence-corrected chi connectivity index (χ2v) is 8.62. The molecule has 0 spiro atoms. The first-order chi connectivity index (χ1) is 13.3. The molecule has 0 bridgehead atoms. The summed E-state index contributed by atoms with van der Waals surface area (Å²) in [6.07, 6.45) is 20.5. The van der Waals surface area contributed by atoms with Crippen LogP contribution in [0.5, 0.6) is 0 Å². The summed E-state index contributed by atoms with van der Waals surface area (Å²) in [4.78, 5) is 4.36. The van der Waals surface area contributed by atoms with Crippen molar-refractivity contribution in [3.63, 3.8) is 0 Å². The van der Waals surface area contributed by atoms with Gasteiger partial charge in [-0.15, -0.1) is 0 Å². The smallest absolute Gasteiger partial charge is 0.294 e. The molecule has 1 unspecified atom stereocenters. The average molecular weight is 397 g/mol. The summed E-state index contributed by atoms with van der Waals surface area (Å²) in [7, 11) is -4.22. The average Bonchev–Trinajstić information content (AvgIpc) is 2.91. The standard InChI is InChI=1S/C22H24N2O3S/c1-22(2)19-16-18(28(25,26)27)13-14-20(19)24-21(22)12-8-3-4-9-15-23-17-10-6-5-7-11-17/h3-10,12-17,24H,11H2,1-2H3,(H,25,26,27). The van der Waals surface area contributed by atoms with E-state index in [-0.39, 0.29) is 10.9 Å². The zero-order valence-corrected chi connectivity index (χ0v) is 16.7. The van der Waals surface area contributed by atoms with Gasteiger partial charge in [0.1, 0.15) is 0 Å². The second kappa shape index (κ2) is 8.12. The van der Waals surface area contributed by atoms with Crippen molar-refractivity contribution in [2.24, 2.45) is 4.99 Å². The number of hydrogen-bond donors (Lipinski definition) is 2. The fourth-order valence-corrected chi connectivity index (χ4v) is 3.68. The highest BCUT2D eigenvalue weighted by Gasteiger charge is 2.35. The minimum absolute atomic E-state index is 0.0940. The molecule has 146 valence electrons. The van der Waals surface area contributed by atoms with Crippen molar-refractivity contribution in [1.82, 2.24) is 0 Å². The van der Waals surface area contributed by atoms with Crippen LogP contribution >= 0.6 is 0 Å². The molecule has 1 atom stereocenters. The Bertz CT molecular complexity index is 1030. The summed E-state index contributed by atoms with van der Waals surface area (Å²) in [5, 5.41) is 3.32. The molecule has 1 heterocycles. The van der Waals surface area contributed by atoms with Crippen LogP contribution in [0, 0.1) is 0 Å². The highest BCUT2D eigenvalue weighted by molar-refractivity contribution is 7.85. The third-order valence-corrected chi connectivity index (χ3v) is 5.67. The van der Waals surface area contributed by atoms with Crippen LogP contribution in [0.2, 0.25) is 0 Å². The molecule has 0 saturated carbocycles. The van der Waals surface area contributed by atoms with Crippen molar-refractivity contribution < 1.29 is 13.0 Å². The predicted molar refractivity (Wildman–Crippen MR) is 114 cm³/mol. The molecule has 1 aromatic carbocycles. The van der Waals surface area contributed by atoms with Crippen molar-refractivity contribution >= 4 is 22.0 Å². The molecule has 6 heteroatoms. The molecule has 0 saturated heterocycles. The minimum atomic E-state index is -4.22. The topological polar surface area (TPSA) is 78.8 Å². The van der Waals surface area contributed by atoms with Crippen molar-refractivity contribution in [3.05, 3.63) is 84.1 Å². The predicted octanol–water partition coefficient (Wildman–Crippen LogP) is 4.59. The Kier molecular flexibility index (Phi) is 5.82. The van der Waals surface area contributed by atoms with E-state index in [0.717, 1.165) is 23.4 Å². The van der Waals surface area contributed by atoms with Gasteiger partial charge >= 0.3 is 0 Å². The number of anilines is 1. The van der Waals surface area contributed by atoms with E-state index >= 15 is 0 Å². The van der Waals surface area contributed by atoms with Gasteiger partial charge in [-0.1, -0.05) is 56.4 Å². The Hall–Kier alpha value is -2.70. The summed E-state index contributed by atoms with van der Waals surface area (Å²) < 4.78 is 32.1. The Morgan fingerprint density at radius 3 is 2.68 bits per heavy atom. The quantitative estimate of drug-likeness (QED) is 0.433. The molecule has 5 nitrogen and oxygen atoms in total. The molecule has 1 aliphatic heterocycles. The van der Waals surface area contributed by atoms with Crippen molar-refractivity contribution in [1.29, 1.82) is 0 Å². The summed E-state index contributed by atoms with van der Waals surface area (Å²) in [6, 6.07) is 4.81. The SMILES string of the molecule is CC1(C)C(=CC=CC=CC=NC2C=CC=CC2)Nc2ccc(S(=O)(=O)O)cc21. The van der Waals surface area contributed by atoms with Gasteiger partial charge in [0, 0.05) is 23.0 Å². The van der Waals surface area contributed by atoms with Gasteiger partial charge in [-0.2, -0.15) is 8.42 Å². The first-order valence-electron chi connectivity index (χ1n) is 9.08. The van der Waals surface area contributed by atoms with E-state index < -0.39 is 15.5 Å². The Morgan fingerprint density at radius 1 is 1.18 bits per heavy atom. The second-order valence-electron chi connectivity index (χ2n) is 7.20. The van der Waals surface area contributed by atoms with Crippen LogP contribution in [0.15, 0.2) is 88.5 Å². The monoisotopic (exact) mass is 396 g/mol. The molecule has 1 aromatic rings. The van der Waals surface area contributed by atoms with Crippen LogP contribution in [0.4, 0.5) is 5.69 Å². The highest BCUT2D eigenvalue weighted by Crippen LogP contribution is 2.43. The van der Waals surface area contributed by atoms with Gasteiger partial charge in [-0.25, -0.2) is 0 Å². The number of hydrogen-bond acceptors (Lipinski definition) is 4.